The molecule has 0 aromatic carbocycles. The third-order valence-corrected chi connectivity index (χ3v) is 3.17. The van der Waals surface area contributed by atoms with Gasteiger partial charge in [0, 0.05) is 0 Å². The summed E-state index contributed by atoms with van der Waals surface area (Å²) in [6.07, 6.45) is 20.4. The molecule has 0 atom stereocenters. The van der Waals surface area contributed by atoms with Crippen LogP contribution in [0.4, 0.5) is 0 Å². The average molecular weight is 425 g/mol. The van der Waals surface area contributed by atoms with E-state index in [-0.39, 0.29) is 0 Å². The van der Waals surface area contributed by atoms with E-state index in [9.17, 15) is 0 Å². The van der Waals surface area contributed by atoms with Crippen LogP contribution in [0.25, 0.3) is 0 Å². The first-order valence-electron chi connectivity index (χ1n) is 5.88. The van der Waals surface area contributed by atoms with Crippen molar-refractivity contribution in [1.29, 1.82) is 0 Å². The number of allylic oxidation sites excluding steroid dienone is 8. The molecule has 0 aromatic heterocycles. The summed E-state index contributed by atoms with van der Waals surface area (Å²) in [6.45, 7) is 0. The number of rotatable bonds is 0. The van der Waals surface area contributed by atoms with Gasteiger partial charge in [-0.15, -0.1) is 11.8 Å². The minimum absolute atomic E-state index is 0.773. The molecule has 0 unspecified atom stereocenters. The van der Waals surface area contributed by atoms with Gasteiger partial charge >= 0.3 is 49.6 Å². The van der Waals surface area contributed by atoms with Crippen LogP contribution in [0.1, 0.15) is 12.8 Å². The Morgan fingerprint density at radius 2 is 0.947 bits per heavy atom. The van der Waals surface area contributed by atoms with Crippen LogP contribution in [0.5, 0.6) is 0 Å². The van der Waals surface area contributed by atoms with Gasteiger partial charge in [-0.05, 0) is 0 Å². The molecule has 0 fully saturated rings. The molecule has 0 heterocycles. The van der Waals surface area contributed by atoms with Crippen LogP contribution in [0, 0.1) is 23.7 Å². The first kappa shape index (κ1) is 15.9. The summed E-state index contributed by atoms with van der Waals surface area (Å²) in [5.74, 6) is 4.56. The number of hydrogen-bond donors (Lipinski definition) is 0. The first-order chi connectivity index (χ1) is 8.90. The van der Waals surface area contributed by atoms with E-state index in [1.54, 1.807) is 0 Å². The molecule has 0 aromatic rings. The molecule has 19 heavy (non-hydrogen) atoms. The van der Waals surface area contributed by atoms with E-state index in [0.29, 0.717) is 0 Å². The van der Waals surface area contributed by atoms with Gasteiger partial charge in [0.15, 0.2) is 0 Å². The number of hydrogen-bond acceptors (Lipinski definition) is 0. The summed E-state index contributed by atoms with van der Waals surface area (Å²) >= 11 is 0. The minimum atomic E-state index is -2.97. The van der Waals surface area contributed by atoms with E-state index in [0.717, 1.165) is 11.8 Å². The Balaban J connectivity index is 0.000000108. The summed E-state index contributed by atoms with van der Waals surface area (Å²) in [6, 6.07) is 0. The van der Waals surface area contributed by atoms with Crippen molar-refractivity contribution in [2.24, 2.45) is 11.8 Å². The molecule has 0 N–H and O–H groups in total. The Morgan fingerprint density at radius 3 is 1.00 bits per heavy atom. The van der Waals surface area contributed by atoms with E-state index in [1.807, 2.05) is 0 Å². The quantitative estimate of drug-likeness (QED) is 0.322. The van der Waals surface area contributed by atoms with Gasteiger partial charge in [0.25, 0.3) is 0 Å². The zero-order valence-electron chi connectivity index (χ0n) is 10.1. The zero-order valence-corrected chi connectivity index (χ0v) is 14.8. The predicted octanol–water partition coefficient (Wildman–Crippen LogP) is 6.17. The molecular weight excluding hydrogens is 411 g/mol. The van der Waals surface area contributed by atoms with Crippen molar-refractivity contribution in [3.05, 3.63) is 60.4 Å². The summed E-state index contributed by atoms with van der Waals surface area (Å²) in [7, 11) is 17.0. The van der Waals surface area contributed by atoms with Crippen molar-refractivity contribution in [1.82, 2.24) is 0 Å². The van der Waals surface area contributed by atoms with Gasteiger partial charge in [-0.3, -0.25) is 0 Å². The normalized spacial score (nSPS) is 22.7. The van der Waals surface area contributed by atoms with Crippen molar-refractivity contribution >= 4 is 38.8 Å². The summed E-state index contributed by atoms with van der Waals surface area (Å²) < 4.78 is 0. The third-order valence-electron chi connectivity index (χ3n) is 3.17. The average Bonchev–Trinajstić information content (AvgIpc) is 3.10. The van der Waals surface area contributed by atoms with Crippen LogP contribution in [-0.4, -0.2) is 0 Å². The molecule has 0 radical (unpaired) electrons. The second kappa shape index (κ2) is 6.96. The molecule has 4 rings (SSSR count). The van der Waals surface area contributed by atoms with Crippen LogP contribution >= 0.6 is 38.8 Å². The van der Waals surface area contributed by atoms with Gasteiger partial charge in [-0.2, -0.15) is 60.4 Å². The summed E-state index contributed by atoms with van der Waals surface area (Å²) in [4.78, 5) is 0. The van der Waals surface area contributed by atoms with Gasteiger partial charge in [-0.1, -0.05) is 12.8 Å². The molecule has 0 saturated heterocycles. The molecule has 0 aliphatic heterocycles. The maximum absolute atomic E-state index is 5.00. The van der Waals surface area contributed by atoms with Crippen LogP contribution in [0.15, 0.2) is 48.6 Å². The molecule has 108 valence electrons. The molecule has 0 spiro atoms. The third kappa shape index (κ3) is 6.19. The van der Waals surface area contributed by atoms with Crippen LogP contribution in [0.2, 0.25) is 0 Å². The first-order valence-corrected chi connectivity index (χ1v) is 14.8. The van der Waals surface area contributed by atoms with Crippen molar-refractivity contribution in [2.75, 3.05) is 0 Å². The predicted molar refractivity (Wildman–Crippen MR) is 82.7 cm³/mol. The Kier molecular flexibility index (Phi) is 5.81. The van der Waals surface area contributed by atoms with E-state index >= 15 is 0 Å². The fourth-order valence-electron chi connectivity index (χ4n) is 2.32. The number of fused-ring (bicyclic) bond motifs is 4. The summed E-state index contributed by atoms with van der Waals surface area (Å²) in [5.41, 5.74) is 0. The molecule has 0 saturated carbocycles. The second-order valence-electron chi connectivity index (χ2n) is 4.63. The van der Waals surface area contributed by atoms with E-state index in [1.165, 1.54) is 24.7 Å². The van der Waals surface area contributed by atoms with Crippen molar-refractivity contribution in [3.63, 3.8) is 0 Å². The Hall–Kier alpha value is 0.483. The van der Waals surface area contributed by atoms with Gasteiger partial charge in [0.2, 0.25) is 0 Å². The monoisotopic (exact) mass is 424 g/mol. The van der Waals surface area contributed by atoms with Crippen molar-refractivity contribution in [3.8, 4) is 0 Å². The van der Waals surface area contributed by atoms with Crippen LogP contribution in [-0.2, 0) is 10.8 Å². The van der Waals surface area contributed by atoms with Crippen LogP contribution < -0.4 is 0 Å². The van der Waals surface area contributed by atoms with Crippen LogP contribution in [0.3, 0.4) is 0 Å². The van der Waals surface area contributed by atoms with Gasteiger partial charge < -0.3 is 0 Å². The molecule has 4 aliphatic carbocycles. The Bertz CT molecular complexity index is 324. The molecule has 0 amide bonds. The Morgan fingerprint density at radius 1 is 0.684 bits per heavy atom. The Labute approximate surface area is 134 Å². The molecular formula is C14H14Cl4Ru-2. The van der Waals surface area contributed by atoms with Gasteiger partial charge in [-0.25, -0.2) is 0 Å². The molecule has 0 nitrogen and oxygen atoms in total. The summed E-state index contributed by atoms with van der Waals surface area (Å²) in [5, 5.41) is 0. The molecule has 4 aliphatic rings. The maximum atomic E-state index is 5.00. The van der Waals surface area contributed by atoms with E-state index < -0.39 is 10.8 Å². The van der Waals surface area contributed by atoms with Crippen molar-refractivity contribution in [2.45, 2.75) is 12.8 Å². The molecule has 4 bridgehead atoms. The zero-order chi connectivity index (χ0) is 13.9. The fourth-order valence-corrected chi connectivity index (χ4v) is 2.32. The molecule has 5 heteroatoms. The number of halogens is 4. The SMILES string of the molecule is C1=CC2C=C[C-]1C2.C1=CC2C=C[C-]1C2.[Cl][Ru]([Cl])([Cl])[Cl]. The van der Waals surface area contributed by atoms with E-state index in [2.05, 4.69) is 48.6 Å². The fraction of sp³-hybridized carbons (Fsp3) is 0.286. The van der Waals surface area contributed by atoms with Gasteiger partial charge in [0.1, 0.15) is 0 Å². The van der Waals surface area contributed by atoms with Crippen molar-refractivity contribution < 1.29 is 10.8 Å². The second-order valence-corrected chi connectivity index (χ2v) is 20.5. The standard InChI is InChI=1S/2C7H7.4ClH.Ru/c2*1-2-7-4-3-6(1)5-7;;;;;/h2*1-4,6H,5H2;4*1H;/q2*-1;;;;;+4/p-4. The van der Waals surface area contributed by atoms with E-state index in [4.69, 9.17) is 38.8 Å². The topological polar surface area (TPSA) is 0 Å². The van der Waals surface area contributed by atoms with Gasteiger partial charge in [0.05, 0.1) is 0 Å².